The Labute approximate surface area is 133 Å². The summed E-state index contributed by atoms with van der Waals surface area (Å²) >= 11 is 0. The van der Waals surface area contributed by atoms with E-state index in [-0.39, 0.29) is 12.6 Å². The Morgan fingerprint density at radius 2 is 1.54 bits per heavy atom. The Hall–Kier alpha value is -2.45. The second kappa shape index (κ2) is 6.98. The molecule has 0 aromatic heterocycles. The third-order valence-electron chi connectivity index (χ3n) is 3.22. The lowest BCUT2D eigenvalue weighted by Gasteiger charge is -2.10. The smallest absolute Gasteiger partial charge is 0.343 e. The molecule has 0 heterocycles. The highest BCUT2D eigenvalue weighted by atomic mass is 19.2. The van der Waals surface area contributed by atoms with E-state index < -0.39 is 52.0 Å². The van der Waals surface area contributed by atoms with Crippen LogP contribution in [0.15, 0.2) is 11.8 Å². The lowest BCUT2D eigenvalue weighted by molar-refractivity contribution is -0.138. The van der Waals surface area contributed by atoms with Gasteiger partial charge in [0.2, 0.25) is 11.6 Å². The lowest BCUT2D eigenvalue weighted by atomic mass is 10.0. The average molecular weight is 349 g/mol. The van der Waals surface area contributed by atoms with Crippen LogP contribution < -0.4 is 5.32 Å². The van der Waals surface area contributed by atoms with Crippen LogP contribution in [0.3, 0.4) is 0 Å². The number of carbonyl (C=O) groups is 2. The molecular weight excluding hydrogens is 337 g/mol. The first kappa shape index (κ1) is 17.9. The molecule has 1 aliphatic rings. The number of nitrogens with one attached hydrogen (secondary N) is 1. The molecule has 0 atom stereocenters. The molecule has 1 aliphatic carbocycles. The minimum atomic E-state index is -2.39. The molecule has 0 radical (unpaired) electrons. The summed E-state index contributed by atoms with van der Waals surface area (Å²) in [6.07, 6.45) is 2.38. The minimum absolute atomic E-state index is 0.0291. The summed E-state index contributed by atoms with van der Waals surface area (Å²) in [4.78, 5) is 24.0. The molecule has 0 saturated heterocycles. The number of carbonyl (C=O) groups excluding carboxylic acids is 2. The molecule has 9 heteroatoms. The summed E-state index contributed by atoms with van der Waals surface area (Å²) in [5, 5.41) is 2.64. The third-order valence-corrected chi connectivity index (χ3v) is 3.22. The molecule has 0 unspecified atom stereocenters. The Kier molecular flexibility index (Phi) is 5.20. The van der Waals surface area contributed by atoms with E-state index in [4.69, 9.17) is 0 Å². The number of hydrogen-bond donors (Lipinski definition) is 1. The van der Waals surface area contributed by atoms with Gasteiger partial charge in [-0.15, -0.1) is 0 Å². The minimum Gasteiger partial charge on any atom is -0.462 e. The van der Waals surface area contributed by atoms with Crippen molar-refractivity contribution in [3.05, 3.63) is 46.4 Å². The first-order valence-electron chi connectivity index (χ1n) is 6.99. The predicted molar refractivity (Wildman–Crippen MR) is 71.4 cm³/mol. The number of Topliss-reactive ketones (excluding diaryl/α,β-unsaturated/α-hetero) is 1. The molecule has 24 heavy (non-hydrogen) atoms. The Balaban J connectivity index is 2.50. The van der Waals surface area contributed by atoms with Crippen molar-refractivity contribution in [2.75, 3.05) is 6.61 Å². The summed E-state index contributed by atoms with van der Waals surface area (Å²) < 4.78 is 71.6. The van der Waals surface area contributed by atoms with Crippen LogP contribution in [0.2, 0.25) is 0 Å². The first-order chi connectivity index (χ1) is 11.3. The number of hydrogen-bond acceptors (Lipinski definition) is 4. The molecule has 1 fully saturated rings. The van der Waals surface area contributed by atoms with E-state index in [1.54, 1.807) is 0 Å². The Morgan fingerprint density at radius 3 is 2.00 bits per heavy atom. The summed E-state index contributed by atoms with van der Waals surface area (Å²) in [6.45, 7) is 1.27. The Morgan fingerprint density at radius 1 is 1.04 bits per heavy atom. The van der Waals surface area contributed by atoms with Gasteiger partial charge in [0, 0.05) is 12.2 Å². The van der Waals surface area contributed by atoms with Crippen molar-refractivity contribution < 1.29 is 36.3 Å². The summed E-state index contributed by atoms with van der Waals surface area (Å²) in [7, 11) is 0. The van der Waals surface area contributed by atoms with E-state index in [1.165, 1.54) is 6.92 Å². The van der Waals surface area contributed by atoms with Crippen molar-refractivity contribution in [1.29, 1.82) is 0 Å². The van der Waals surface area contributed by atoms with Crippen molar-refractivity contribution in [3.8, 4) is 0 Å². The topological polar surface area (TPSA) is 55.4 Å². The average Bonchev–Trinajstić information content (AvgIpc) is 3.36. The van der Waals surface area contributed by atoms with Crippen LogP contribution in [0.25, 0.3) is 0 Å². The molecule has 0 amide bonds. The quantitative estimate of drug-likeness (QED) is 0.125. The van der Waals surface area contributed by atoms with Gasteiger partial charge < -0.3 is 10.1 Å². The molecule has 1 aromatic carbocycles. The Bertz CT molecular complexity index is 699. The van der Waals surface area contributed by atoms with E-state index >= 15 is 0 Å². The second-order valence-electron chi connectivity index (χ2n) is 4.99. The maximum absolute atomic E-state index is 13.7. The summed E-state index contributed by atoms with van der Waals surface area (Å²) in [5.41, 5.74) is -2.56. The lowest BCUT2D eigenvalue weighted by Crippen LogP contribution is -2.23. The molecular formula is C15H12F5NO3. The number of ether oxygens (including phenoxy) is 1. The zero-order valence-corrected chi connectivity index (χ0v) is 12.4. The number of benzene rings is 1. The van der Waals surface area contributed by atoms with Gasteiger partial charge in [-0.3, -0.25) is 4.79 Å². The van der Waals surface area contributed by atoms with E-state index in [1.807, 2.05) is 0 Å². The largest absolute Gasteiger partial charge is 0.462 e. The van der Waals surface area contributed by atoms with E-state index in [0.717, 1.165) is 19.0 Å². The van der Waals surface area contributed by atoms with Crippen LogP contribution in [-0.2, 0) is 9.53 Å². The van der Waals surface area contributed by atoms with Gasteiger partial charge in [-0.05, 0) is 19.8 Å². The van der Waals surface area contributed by atoms with Crippen LogP contribution in [0.1, 0.15) is 30.1 Å². The highest BCUT2D eigenvalue weighted by molar-refractivity contribution is 6.24. The highest BCUT2D eigenvalue weighted by Crippen LogP contribution is 2.26. The zero-order chi connectivity index (χ0) is 18.0. The molecule has 1 N–H and O–H groups in total. The van der Waals surface area contributed by atoms with Gasteiger partial charge in [0.15, 0.2) is 23.3 Å². The van der Waals surface area contributed by atoms with Crippen molar-refractivity contribution >= 4 is 11.8 Å². The van der Waals surface area contributed by atoms with Gasteiger partial charge >= 0.3 is 5.97 Å². The van der Waals surface area contributed by atoms with E-state index in [0.29, 0.717) is 0 Å². The number of esters is 1. The maximum atomic E-state index is 13.7. The number of ketones is 1. The fourth-order valence-electron chi connectivity index (χ4n) is 1.82. The molecule has 130 valence electrons. The molecule has 0 aliphatic heterocycles. The van der Waals surface area contributed by atoms with Crippen molar-refractivity contribution in [2.24, 2.45) is 0 Å². The SMILES string of the molecule is CCOC(=O)C(=CNC1CC1)C(=O)c1c(F)c(F)c(F)c(F)c1F. The third kappa shape index (κ3) is 3.39. The standard InChI is InChI=1S/C15H12F5NO3/c1-2-24-15(23)7(5-21-6-3-4-6)14(22)8-9(16)11(18)13(20)12(19)10(8)17/h5-6,21H,2-4H2,1H3. The summed E-state index contributed by atoms with van der Waals surface area (Å²) in [6, 6.07) is -0.0291. The molecule has 1 aromatic rings. The molecule has 1 saturated carbocycles. The van der Waals surface area contributed by atoms with Gasteiger partial charge in [-0.1, -0.05) is 0 Å². The van der Waals surface area contributed by atoms with Crippen LogP contribution in [-0.4, -0.2) is 24.4 Å². The van der Waals surface area contributed by atoms with Crippen LogP contribution in [0.5, 0.6) is 0 Å². The van der Waals surface area contributed by atoms with Gasteiger partial charge in [0.1, 0.15) is 11.1 Å². The van der Waals surface area contributed by atoms with E-state index in [9.17, 15) is 31.5 Å². The van der Waals surface area contributed by atoms with Crippen LogP contribution >= 0.6 is 0 Å². The zero-order valence-electron chi connectivity index (χ0n) is 12.4. The van der Waals surface area contributed by atoms with Crippen LogP contribution in [0, 0.1) is 29.1 Å². The maximum Gasteiger partial charge on any atom is 0.343 e. The molecule has 4 nitrogen and oxygen atoms in total. The van der Waals surface area contributed by atoms with Gasteiger partial charge in [-0.2, -0.15) is 0 Å². The first-order valence-corrected chi connectivity index (χ1v) is 6.99. The molecule has 0 spiro atoms. The predicted octanol–water partition coefficient (Wildman–Crippen LogP) is 2.76. The van der Waals surface area contributed by atoms with Crippen LogP contribution in [0.4, 0.5) is 22.0 Å². The monoisotopic (exact) mass is 349 g/mol. The van der Waals surface area contributed by atoms with Crippen molar-refractivity contribution in [3.63, 3.8) is 0 Å². The van der Waals surface area contributed by atoms with Gasteiger partial charge in [0.05, 0.1) is 6.61 Å². The molecule has 0 bridgehead atoms. The fraction of sp³-hybridized carbons (Fsp3) is 0.333. The van der Waals surface area contributed by atoms with Crippen molar-refractivity contribution in [2.45, 2.75) is 25.8 Å². The van der Waals surface area contributed by atoms with Crippen molar-refractivity contribution in [1.82, 2.24) is 5.32 Å². The summed E-state index contributed by atoms with van der Waals surface area (Å²) in [5.74, 6) is -14.4. The second-order valence-corrected chi connectivity index (χ2v) is 4.99. The highest BCUT2D eigenvalue weighted by Gasteiger charge is 2.34. The number of halogens is 5. The molecule has 2 rings (SSSR count). The normalized spacial score (nSPS) is 14.5. The van der Waals surface area contributed by atoms with Gasteiger partial charge in [-0.25, -0.2) is 26.7 Å². The fourth-order valence-corrected chi connectivity index (χ4v) is 1.82. The number of rotatable bonds is 6. The van der Waals surface area contributed by atoms with Gasteiger partial charge in [0.25, 0.3) is 0 Å². The van der Waals surface area contributed by atoms with E-state index in [2.05, 4.69) is 10.1 Å².